The number of rotatable bonds is 7. The van der Waals surface area contributed by atoms with Crippen molar-refractivity contribution in [2.24, 2.45) is 0 Å². The number of fused-ring (bicyclic) bond motifs is 1. The van der Waals surface area contributed by atoms with Crippen LogP contribution in [0.1, 0.15) is 5.56 Å². The highest BCUT2D eigenvalue weighted by Gasteiger charge is 2.36. The third-order valence-corrected chi connectivity index (χ3v) is 7.05. The van der Waals surface area contributed by atoms with Gasteiger partial charge < -0.3 is 29.6 Å². The molecular weight excluding hydrogens is 454 g/mol. The summed E-state index contributed by atoms with van der Waals surface area (Å²) in [6.07, 6.45) is -0.928. The minimum Gasteiger partial charge on any atom is -0.497 e. The number of methoxy groups -OCH3 is 1. The number of carbonyl (C=O) groups is 2. The number of amides is 2. The Morgan fingerprint density at radius 2 is 1.79 bits per heavy atom. The summed E-state index contributed by atoms with van der Waals surface area (Å²) in [5.74, 6) is -0.0262. The van der Waals surface area contributed by atoms with Crippen molar-refractivity contribution in [1.29, 1.82) is 0 Å². The van der Waals surface area contributed by atoms with Gasteiger partial charge in [0.15, 0.2) is 11.5 Å². The summed E-state index contributed by atoms with van der Waals surface area (Å²) in [7, 11) is -2.37. The van der Waals surface area contributed by atoms with Gasteiger partial charge in [0.25, 0.3) is 0 Å². The number of hydrogen-bond donors (Lipinski definition) is 2. The summed E-state index contributed by atoms with van der Waals surface area (Å²) < 4.78 is 48.1. The predicted octanol–water partition coefficient (Wildman–Crippen LogP) is 0.204. The minimum atomic E-state index is -3.85. The van der Waals surface area contributed by atoms with Crippen LogP contribution in [-0.4, -0.2) is 64.4 Å². The first kappa shape index (κ1) is 22.8. The van der Waals surface area contributed by atoms with E-state index in [0.29, 0.717) is 17.2 Å². The summed E-state index contributed by atoms with van der Waals surface area (Å²) in [4.78, 5) is 24.4. The maximum Gasteiger partial charge on any atom is 0.309 e. The maximum absolute atomic E-state index is 13.0. The molecule has 2 aromatic rings. The smallest absolute Gasteiger partial charge is 0.309 e. The summed E-state index contributed by atoms with van der Waals surface area (Å²) in [5, 5.41) is 4.94. The van der Waals surface area contributed by atoms with Crippen molar-refractivity contribution >= 4 is 21.8 Å². The molecule has 33 heavy (non-hydrogen) atoms. The Hall–Kier alpha value is -3.35. The van der Waals surface area contributed by atoms with Crippen molar-refractivity contribution in [1.82, 2.24) is 14.9 Å². The van der Waals surface area contributed by atoms with Gasteiger partial charge in [-0.2, -0.15) is 4.31 Å². The van der Waals surface area contributed by atoms with E-state index in [-0.39, 0.29) is 37.9 Å². The van der Waals surface area contributed by atoms with Gasteiger partial charge in [-0.3, -0.25) is 9.59 Å². The van der Waals surface area contributed by atoms with Gasteiger partial charge in [-0.05, 0) is 42.0 Å². The fraction of sp³-hybridized carbons (Fsp3) is 0.333. The van der Waals surface area contributed by atoms with Gasteiger partial charge in [-0.1, -0.05) is 6.07 Å². The zero-order valence-corrected chi connectivity index (χ0v) is 18.6. The average Bonchev–Trinajstić information content (AvgIpc) is 3.50. The Morgan fingerprint density at radius 3 is 2.55 bits per heavy atom. The summed E-state index contributed by atoms with van der Waals surface area (Å²) >= 11 is 0. The van der Waals surface area contributed by atoms with E-state index in [1.54, 1.807) is 30.3 Å². The summed E-state index contributed by atoms with van der Waals surface area (Å²) in [5.41, 5.74) is 0.733. The highest BCUT2D eigenvalue weighted by Crippen LogP contribution is 2.32. The molecule has 176 valence electrons. The molecule has 2 heterocycles. The lowest BCUT2D eigenvalue weighted by Crippen LogP contribution is -2.47. The molecule has 12 heteroatoms. The molecule has 2 N–H and O–H groups in total. The van der Waals surface area contributed by atoms with E-state index in [0.717, 1.165) is 9.87 Å². The standard InChI is InChI=1S/C21H23N3O8S/c1-29-15-3-5-16(6-4-15)33(27,28)24-8-9-30-19(24)12-23-21(26)20(25)22-11-14-2-7-17-18(10-14)32-13-31-17/h2-7,10,19H,8-9,11-13H2,1H3,(H,22,25)(H,23,26)/t19-/m1/s1. The van der Waals surface area contributed by atoms with Crippen molar-refractivity contribution in [3.8, 4) is 17.2 Å². The molecule has 1 fully saturated rings. The molecule has 0 aliphatic carbocycles. The third kappa shape index (κ3) is 5.02. The Kier molecular flexibility index (Phi) is 6.67. The van der Waals surface area contributed by atoms with Crippen LogP contribution in [-0.2, 0) is 30.9 Å². The topological polar surface area (TPSA) is 132 Å². The number of ether oxygens (including phenoxy) is 4. The normalized spacial score (nSPS) is 17.5. The van der Waals surface area contributed by atoms with E-state index in [4.69, 9.17) is 18.9 Å². The van der Waals surface area contributed by atoms with Gasteiger partial charge in [0.05, 0.1) is 25.2 Å². The average molecular weight is 477 g/mol. The molecule has 1 saturated heterocycles. The van der Waals surface area contributed by atoms with Crippen LogP contribution in [0.25, 0.3) is 0 Å². The molecule has 0 saturated carbocycles. The molecule has 2 amide bonds. The number of sulfonamides is 1. The molecule has 11 nitrogen and oxygen atoms in total. The Morgan fingerprint density at radius 1 is 1.06 bits per heavy atom. The van der Waals surface area contributed by atoms with Gasteiger partial charge in [0, 0.05) is 13.1 Å². The number of benzene rings is 2. The molecule has 2 aromatic carbocycles. The van der Waals surface area contributed by atoms with E-state index >= 15 is 0 Å². The Labute approximate surface area is 190 Å². The largest absolute Gasteiger partial charge is 0.497 e. The second-order valence-electron chi connectivity index (χ2n) is 7.20. The van der Waals surface area contributed by atoms with Gasteiger partial charge in [-0.25, -0.2) is 8.42 Å². The monoisotopic (exact) mass is 477 g/mol. The first-order valence-corrected chi connectivity index (χ1v) is 11.5. The molecule has 1 atom stereocenters. The molecule has 2 aliphatic rings. The van der Waals surface area contributed by atoms with Gasteiger partial charge >= 0.3 is 11.8 Å². The molecule has 0 radical (unpaired) electrons. The Bertz CT molecular complexity index is 1140. The number of nitrogens with one attached hydrogen (secondary N) is 2. The number of carbonyl (C=O) groups excluding carboxylic acids is 2. The third-order valence-electron chi connectivity index (χ3n) is 5.14. The lowest BCUT2D eigenvalue weighted by atomic mass is 10.2. The van der Waals surface area contributed by atoms with Crippen LogP contribution in [0.15, 0.2) is 47.4 Å². The van der Waals surface area contributed by atoms with E-state index < -0.39 is 28.1 Å². The van der Waals surface area contributed by atoms with Gasteiger partial charge in [0.2, 0.25) is 16.8 Å². The SMILES string of the molecule is COc1ccc(S(=O)(=O)N2CCO[C@@H]2CNC(=O)C(=O)NCc2ccc3c(c2)OCO3)cc1. The molecule has 0 bridgehead atoms. The second-order valence-corrected chi connectivity index (χ2v) is 9.09. The first-order valence-electron chi connectivity index (χ1n) is 10.1. The highest BCUT2D eigenvalue weighted by atomic mass is 32.2. The maximum atomic E-state index is 13.0. The van der Waals surface area contributed by atoms with Crippen LogP contribution >= 0.6 is 0 Å². The number of nitrogens with zero attached hydrogens (tertiary/aromatic N) is 1. The van der Waals surface area contributed by atoms with Crippen LogP contribution in [0.5, 0.6) is 17.2 Å². The van der Waals surface area contributed by atoms with E-state index in [1.165, 1.54) is 19.2 Å². The van der Waals surface area contributed by atoms with Crippen LogP contribution in [0.2, 0.25) is 0 Å². The predicted molar refractivity (Wildman–Crippen MR) is 114 cm³/mol. The second kappa shape index (κ2) is 9.65. The van der Waals surface area contributed by atoms with Crippen molar-refractivity contribution in [3.05, 3.63) is 48.0 Å². The zero-order chi connectivity index (χ0) is 23.4. The lowest BCUT2D eigenvalue weighted by molar-refractivity contribution is -0.139. The molecule has 0 aromatic heterocycles. The molecule has 0 unspecified atom stereocenters. The lowest BCUT2D eigenvalue weighted by Gasteiger charge is -2.23. The molecular formula is C21H23N3O8S. The minimum absolute atomic E-state index is 0.0756. The van der Waals surface area contributed by atoms with Crippen LogP contribution in [0.4, 0.5) is 0 Å². The summed E-state index contributed by atoms with van der Waals surface area (Å²) in [6, 6.07) is 11.2. The van der Waals surface area contributed by atoms with Crippen LogP contribution < -0.4 is 24.8 Å². The fourth-order valence-electron chi connectivity index (χ4n) is 3.40. The zero-order valence-electron chi connectivity index (χ0n) is 17.8. The van der Waals surface area contributed by atoms with Crippen molar-refractivity contribution in [3.63, 3.8) is 0 Å². The first-order chi connectivity index (χ1) is 15.9. The highest BCUT2D eigenvalue weighted by molar-refractivity contribution is 7.89. The fourth-order valence-corrected chi connectivity index (χ4v) is 4.91. The van der Waals surface area contributed by atoms with Crippen molar-refractivity contribution in [2.75, 3.05) is 33.6 Å². The molecule has 0 spiro atoms. The van der Waals surface area contributed by atoms with Crippen LogP contribution in [0.3, 0.4) is 0 Å². The van der Waals surface area contributed by atoms with E-state index in [2.05, 4.69) is 10.6 Å². The molecule has 4 rings (SSSR count). The van der Waals surface area contributed by atoms with Crippen molar-refractivity contribution in [2.45, 2.75) is 17.7 Å². The number of hydrogen-bond acceptors (Lipinski definition) is 8. The van der Waals surface area contributed by atoms with Gasteiger partial charge in [-0.15, -0.1) is 0 Å². The van der Waals surface area contributed by atoms with Crippen LogP contribution in [0, 0.1) is 0 Å². The summed E-state index contributed by atoms with van der Waals surface area (Å²) in [6.45, 7) is 0.381. The van der Waals surface area contributed by atoms with Crippen molar-refractivity contribution < 1.29 is 37.0 Å². The van der Waals surface area contributed by atoms with E-state index in [1.807, 2.05) is 0 Å². The van der Waals surface area contributed by atoms with Gasteiger partial charge in [0.1, 0.15) is 12.0 Å². The van der Waals surface area contributed by atoms with E-state index in [9.17, 15) is 18.0 Å². The molecule has 2 aliphatic heterocycles. The quantitative estimate of drug-likeness (QED) is 0.541. The Balaban J connectivity index is 1.30.